The first-order valence-corrected chi connectivity index (χ1v) is 31.0. The number of aliphatic imine (C=N–C) groups is 2. The first-order valence-electron chi connectivity index (χ1n) is 28.5. The van der Waals surface area contributed by atoms with Crippen molar-refractivity contribution in [1.29, 1.82) is 0 Å². The predicted molar refractivity (Wildman–Crippen MR) is 336 cm³/mol. The summed E-state index contributed by atoms with van der Waals surface area (Å²) in [5.74, 6) is 8.28. The number of urea groups is 2. The number of carboxylic acids is 2. The molecule has 0 saturated carbocycles. The van der Waals surface area contributed by atoms with E-state index in [1.807, 2.05) is 20.6 Å². The number of hydrogen-bond donors (Lipinski definition) is 4. The second-order valence-electron chi connectivity index (χ2n) is 21.5. The molecule has 12 rings (SSSR count). The number of carbonyl (C=O) groups is 6. The minimum atomic E-state index is -1.12. The summed E-state index contributed by atoms with van der Waals surface area (Å²) in [5.41, 5.74) is 3.50. The molecule has 29 heteroatoms. The number of thiazole rings is 2. The molecule has 3 aromatic carbocycles. The fourth-order valence-corrected chi connectivity index (χ4v) is 13.2. The Morgan fingerprint density at radius 2 is 1.14 bits per heavy atom. The molecule has 0 spiro atoms. The van der Waals surface area contributed by atoms with Crippen LogP contribution >= 0.6 is 45.9 Å². The largest absolute Gasteiger partial charge is 0.478 e. The van der Waals surface area contributed by atoms with Crippen molar-refractivity contribution < 1.29 is 57.2 Å². The monoisotopic (exact) mass is 1330 g/mol. The van der Waals surface area contributed by atoms with Crippen LogP contribution in [-0.2, 0) is 19.1 Å². The van der Waals surface area contributed by atoms with Crippen molar-refractivity contribution >= 4 is 93.5 Å². The number of piperazine rings is 2. The second-order valence-corrected chi connectivity index (χ2v) is 24.1. The molecule has 9 heterocycles. The van der Waals surface area contributed by atoms with Gasteiger partial charge >= 0.3 is 35.9 Å². The average Bonchev–Trinajstić information content (AvgIpc) is 0.896. The van der Waals surface area contributed by atoms with E-state index < -0.39 is 47.6 Å². The number of pyridine rings is 1. The molecule has 6 aliphatic rings. The molecule has 6 aromatic rings. The number of amidine groups is 2. The van der Waals surface area contributed by atoms with Gasteiger partial charge in [0.2, 0.25) is 0 Å². The number of ether oxygens (including phenoxy) is 2. The van der Waals surface area contributed by atoms with Crippen LogP contribution in [0.5, 0.6) is 0 Å². The molecule has 0 aliphatic carbocycles. The highest BCUT2D eigenvalue weighted by molar-refractivity contribution is 7.12. The number of nitrogens with one attached hydrogen (secondary N) is 2. The van der Waals surface area contributed by atoms with E-state index in [2.05, 4.69) is 59.1 Å². The third kappa shape index (κ3) is 14.1. The van der Waals surface area contributed by atoms with Crippen LogP contribution in [0.3, 0.4) is 0 Å². The molecule has 4 saturated heterocycles. The third-order valence-electron chi connectivity index (χ3n) is 15.8. The zero-order chi connectivity index (χ0) is 64.7. The zero-order valence-electron chi connectivity index (χ0n) is 49.0. The summed E-state index contributed by atoms with van der Waals surface area (Å²) in [4.78, 5) is 109. The molecular weight excluding hydrogens is 1270 g/mol. The number of benzene rings is 3. The molecule has 3 aromatic heterocycles. The van der Waals surface area contributed by atoms with E-state index >= 15 is 0 Å². The average molecular weight is 1330 g/mol. The summed E-state index contributed by atoms with van der Waals surface area (Å²) in [5, 5.41) is 30.1. The number of carbonyl (C=O) groups excluding carboxylic acids is 4. The van der Waals surface area contributed by atoms with Crippen molar-refractivity contribution in [2.45, 2.75) is 24.2 Å². The Morgan fingerprint density at radius 1 is 0.641 bits per heavy atom. The van der Waals surface area contributed by atoms with Gasteiger partial charge in [0.1, 0.15) is 29.4 Å². The first kappa shape index (κ1) is 63.9. The molecule has 0 unspecified atom stereocenters. The molecule has 0 bridgehead atoms. The van der Waals surface area contributed by atoms with Crippen LogP contribution in [0.25, 0.3) is 0 Å². The molecule has 92 heavy (non-hydrogen) atoms. The first-order chi connectivity index (χ1) is 44.4. The Bertz CT molecular complexity index is 4150. The summed E-state index contributed by atoms with van der Waals surface area (Å²) in [6.45, 7) is 5.03. The highest BCUT2D eigenvalue weighted by Crippen LogP contribution is 2.39. The van der Waals surface area contributed by atoms with Crippen LogP contribution in [0.4, 0.5) is 18.4 Å². The highest BCUT2D eigenvalue weighted by Gasteiger charge is 2.44. The number of carboxylic acid groups (broad SMARTS) is 2. The van der Waals surface area contributed by atoms with Crippen molar-refractivity contribution in [1.82, 2.24) is 55.0 Å². The Hall–Kier alpha value is -9.61. The van der Waals surface area contributed by atoms with Gasteiger partial charge in [-0.25, -0.2) is 52.5 Å². The maximum atomic E-state index is 14.0. The topological polar surface area (TPSA) is 268 Å². The number of amides is 4. The maximum Gasteiger partial charge on any atom is 0.354 e. The highest BCUT2D eigenvalue weighted by atomic mass is 35.5. The van der Waals surface area contributed by atoms with Gasteiger partial charge in [0, 0.05) is 138 Å². The third-order valence-corrected chi connectivity index (χ3v) is 18.0. The van der Waals surface area contributed by atoms with Gasteiger partial charge in [0.25, 0.3) is 0 Å². The Labute approximate surface area is 543 Å². The Morgan fingerprint density at radius 3 is 1.58 bits per heavy atom. The van der Waals surface area contributed by atoms with E-state index in [0.29, 0.717) is 121 Å². The number of hydrogen-bond acceptors (Lipinski definition) is 19. The number of halogens is 4. The number of rotatable bonds is 14. The summed E-state index contributed by atoms with van der Waals surface area (Å²) in [7, 11) is 2.58. The van der Waals surface area contributed by atoms with Gasteiger partial charge < -0.3 is 49.9 Å². The number of fused-ring (bicyclic) bond motifs is 2. The zero-order valence-corrected chi connectivity index (χ0v) is 52.2. The fourth-order valence-electron chi connectivity index (χ4n) is 11.5. The van der Waals surface area contributed by atoms with Gasteiger partial charge in [-0.2, -0.15) is 0 Å². The lowest BCUT2D eigenvalue weighted by atomic mass is 9.95. The molecule has 472 valence electrons. The van der Waals surface area contributed by atoms with E-state index in [-0.39, 0.29) is 69.7 Å². The van der Waals surface area contributed by atoms with Gasteiger partial charge in [0.05, 0.1) is 56.1 Å². The Kier molecular flexibility index (Phi) is 19.7. The second kappa shape index (κ2) is 28.3. The van der Waals surface area contributed by atoms with E-state index in [4.69, 9.17) is 47.8 Å². The van der Waals surface area contributed by atoms with Crippen LogP contribution in [0.15, 0.2) is 135 Å². The number of esters is 2. The lowest BCUT2D eigenvalue weighted by Crippen LogP contribution is -2.53. The van der Waals surface area contributed by atoms with Crippen LogP contribution in [0.2, 0.25) is 10.0 Å². The van der Waals surface area contributed by atoms with Gasteiger partial charge in [-0.1, -0.05) is 71.1 Å². The number of aromatic carboxylic acids is 2. The number of aromatic nitrogens is 3. The molecule has 6 aliphatic heterocycles. The normalized spacial score (nSPS) is 19.6. The molecule has 23 nitrogen and oxygen atoms in total. The van der Waals surface area contributed by atoms with Crippen molar-refractivity contribution in [3.8, 4) is 23.7 Å². The minimum absolute atomic E-state index is 0.0685. The molecule has 4 N–H and O–H groups in total. The number of nitrogens with zero attached hydrogens (tertiary/aromatic N) is 11. The van der Waals surface area contributed by atoms with Crippen molar-refractivity contribution in [2.24, 2.45) is 9.98 Å². The molecule has 0 radical (unpaired) electrons. The summed E-state index contributed by atoms with van der Waals surface area (Å²) in [6, 6.07) is 15.2. The van der Waals surface area contributed by atoms with Crippen LogP contribution in [-0.4, -0.2) is 207 Å². The van der Waals surface area contributed by atoms with Gasteiger partial charge in [-0.15, -0.1) is 22.7 Å². The standard InChI is InChI=1S/C32H28ClFN6O5S.C31H27ClFN7O5S/c1-45-31(43)26-25(36-28(29-35-10-14-46-29)37-27(26)23-9-8-20(34)15-24(23)33)18-38-12-13-40-21(16-38)17-39(32(40)44)11-4-6-19-5-2-3-7-22(19)30(41)42;1-45-30(43)25-24(36-27(28-34-8-12-46-28)37-26(25)21-6-5-19(33)13-22(21)32)17-38-10-11-40-20(15-38)16-39(31(40)44)9-2-3-18-4-7-23(29(41)42)35-14-18/h2-3,5,7-10,14-15,21,27H,11-13,16-18H2,1H3,(H,36,37)(H,41,42);4-8,12-14,20,26H,9-11,15-17H2,1H3,(H,36,37)(H,41,42)/t21-,27-;20-,26-/m00/s1. The predicted octanol–water partition coefficient (Wildman–Crippen LogP) is 6.65. The summed E-state index contributed by atoms with van der Waals surface area (Å²) in [6.07, 6.45) is 4.70. The van der Waals surface area contributed by atoms with Gasteiger partial charge in [-0.05, 0) is 48.5 Å². The van der Waals surface area contributed by atoms with E-state index in [1.165, 1.54) is 91.6 Å². The van der Waals surface area contributed by atoms with Crippen LogP contribution in [0, 0.1) is 35.3 Å². The summed E-state index contributed by atoms with van der Waals surface area (Å²) >= 11 is 15.7. The van der Waals surface area contributed by atoms with Crippen molar-refractivity contribution in [3.05, 3.63) is 190 Å². The smallest absolute Gasteiger partial charge is 0.354 e. The number of methoxy groups -OCH3 is 2. The Balaban J connectivity index is 0.000000188. The van der Waals surface area contributed by atoms with E-state index in [9.17, 15) is 42.7 Å². The SMILES string of the molecule is COC(=O)C1=C(CN2CCN3C(=O)N(CC#Cc4ccc(C(=O)O)nc4)C[C@@H]3C2)NC(c2nccs2)=N[C@H]1c1ccc(F)cc1Cl.COC(=O)C1=C(CN2CCN3C(=O)N(CC#Cc4ccccc4C(=O)O)C[C@@H]3C2)NC(c2nccs2)=N[C@H]1c1ccc(F)cc1Cl. The molecule has 4 atom stereocenters. The van der Waals surface area contributed by atoms with Gasteiger partial charge in [0.15, 0.2) is 21.7 Å². The fraction of sp³-hybridized carbons (Fsp3) is 0.286. The lowest BCUT2D eigenvalue weighted by Gasteiger charge is -2.38. The van der Waals surface area contributed by atoms with Crippen molar-refractivity contribution in [3.63, 3.8) is 0 Å². The molecule has 4 fully saturated rings. The van der Waals surface area contributed by atoms with Gasteiger partial charge in [-0.3, -0.25) is 19.8 Å². The molecule has 4 amide bonds. The maximum absolute atomic E-state index is 14.0. The van der Waals surface area contributed by atoms with E-state index in [1.54, 1.807) is 46.5 Å². The van der Waals surface area contributed by atoms with E-state index in [0.717, 1.165) is 0 Å². The lowest BCUT2D eigenvalue weighted by molar-refractivity contribution is -0.137. The van der Waals surface area contributed by atoms with Crippen molar-refractivity contribution in [2.75, 3.05) is 92.8 Å². The minimum Gasteiger partial charge on any atom is -0.478 e. The van der Waals surface area contributed by atoms with Crippen LogP contribution < -0.4 is 10.6 Å². The quantitative estimate of drug-likeness (QED) is 0.0657. The van der Waals surface area contributed by atoms with Crippen LogP contribution in [0.1, 0.15) is 65.2 Å². The molecular formula is C63H55Cl2F2N13O10S2. The summed E-state index contributed by atoms with van der Waals surface area (Å²) < 4.78 is 38.3.